The smallest absolute Gasteiger partial charge is 0.178 e. The van der Waals surface area contributed by atoms with Crippen molar-refractivity contribution in [1.82, 2.24) is 4.90 Å². The van der Waals surface area contributed by atoms with Crippen LogP contribution in [-0.2, 0) is 0 Å². The molecule has 0 atom stereocenters. The van der Waals surface area contributed by atoms with Crippen LogP contribution in [0.5, 0.6) is 11.5 Å². The average molecular weight is 406 g/mol. The van der Waals surface area contributed by atoms with E-state index >= 15 is 0 Å². The number of anilines is 1. The number of hydrogen-bond acceptors (Lipinski definition) is 4. The van der Waals surface area contributed by atoms with Crippen molar-refractivity contribution in [3.63, 3.8) is 0 Å². The molecule has 0 aromatic heterocycles. The largest absolute Gasteiger partial charge is 0.496 e. The number of ether oxygens (including phenoxy) is 2. The van der Waals surface area contributed by atoms with Crippen molar-refractivity contribution in [3.8, 4) is 11.5 Å². The summed E-state index contributed by atoms with van der Waals surface area (Å²) in [6.45, 7) is 0. The highest BCUT2D eigenvalue weighted by molar-refractivity contribution is 7.80. The van der Waals surface area contributed by atoms with Crippen molar-refractivity contribution in [1.29, 1.82) is 0 Å². The maximum atomic E-state index is 5.65. The molecule has 0 aliphatic carbocycles. The van der Waals surface area contributed by atoms with Crippen LogP contribution >= 0.6 is 12.2 Å². The molecule has 0 saturated heterocycles. The van der Waals surface area contributed by atoms with Gasteiger partial charge in [0.25, 0.3) is 0 Å². The number of thiocarbonyl (C=S) groups is 1. The monoisotopic (exact) mass is 405 g/mol. The van der Waals surface area contributed by atoms with Crippen LogP contribution in [0.25, 0.3) is 0 Å². The molecule has 0 amide bonds. The van der Waals surface area contributed by atoms with E-state index in [-0.39, 0.29) is 0 Å². The van der Waals surface area contributed by atoms with Gasteiger partial charge in [0.2, 0.25) is 0 Å². The minimum absolute atomic E-state index is 0.510. The Morgan fingerprint density at radius 3 is 2.10 bits per heavy atom. The Morgan fingerprint density at radius 2 is 1.41 bits per heavy atom. The van der Waals surface area contributed by atoms with Gasteiger partial charge in [0.05, 0.1) is 19.8 Å². The lowest BCUT2D eigenvalue weighted by Crippen LogP contribution is -2.37. The highest BCUT2D eigenvalue weighted by Crippen LogP contribution is 2.29. The highest BCUT2D eigenvalue weighted by Gasteiger charge is 2.19. The summed E-state index contributed by atoms with van der Waals surface area (Å²) in [5.74, 6) is 2.02. The average Bonchev–Trinajstić information content (AvgIpc) is 2.78. The Kier molecular flexibility index (Phi) is 6.81. The predicted octanol–water partition coefficient (Wildman–Crippen LogP) is 5.11. The third-order valence-electron chi connectivity index (χ3n) is 4.31. The normalized spacial score (nSPS) is 10.9. The van der Waals surface area contributed by atoms with Crippen LogP contribution < -0.4 is 14.8 Å². The van der Waals surface area contributed by atoms with E-state index in [9.17, 15) is 0 Å². The van der Waals surface area contributed by atoms with Crippen molar-refractivity contribution in [3.05, 3.63) is 84.4 Å². The molecule has 3 rings (SSSR count). The number of methoxy groups -OCH3 is 2. The first kappa shape index (κ1) is 20.4. The van der Waals surface area contributed by atoms with Crippen molar-refractivity contribution >= 4 is 34.5 Å². The number of para-hydroxylation sites is 4. The van der Waals surface area contributed by atoms with E-state index in [0.29, 0.717) is 28.1 Å². The van der Waals surface area contributed by atoms with Gasteiger partial charge in [0.1, 0.15) is 23.0 Å². The maximum absolute atomic E-state index is 5.65. The van der Waals surface area contributed by atoms with Gasteiger partial charge in [-0.25, -0.2) is 4.99 Å². The van der Waals surface area contributed by atoms with Gasteiger partial charge in [-0.2, -0.15) is 0 Å². The van der Waals surface area contributed by atoms with Crippen LogP contribution in [0.1, 0.15) is 5.56 Å². The minimum atomic E-state index is 0.510. The molecule has 148 valence electrons. The fourth-order valence-corrected chi connectivity index (χ4v) is 3.01. The first-order chi connectivity index (χ1) is 14.1. The molecular weight excluding hydrogens is 382 g/mol. The van der Waals surface area contributed by atoms with Crippen LogP contribution in [0, 0.1) is 0 Å². The van der Waals surface area contributed by atoms with E-state index in [0.717, 1.165) is 11.3 Å². The number of hydrogen-bond donors (Lipinski definition) is 1. The molecule has 6 heteroatoms. The molecule has 0 aliphatic heterocycles. The number of benzene rings is 3. The Morgan fingerprint density at radius 1 is 0.828 bits per heavy atom. The zero-order valence-corrected chi connectivity index (χ0v) is 17.4. The van der Waals surface area contributed by atoms with Gasteiger partial charge in [-0.1, -0.05) is 42.5 Å². The van der Waals surface area contributed by atoms with Crippen molar-refractivity contribution < 1.29 is 9.47 Å². The lowest BCUT2D eigenvalue weighted by Gasteiger charge is -2.24. The van der Waals surface area contributed by atoms with E-state index < -0.39 is 0 Å². The first-order valence-electron chi connectivity index (χ1n) is 9.09. The molecule has 0 heterocycles. The fraction of sp³-hybridized carbons (Fsp3) is 0.130. The summed E-state index contributed by atoms with van der Waals surface area (Å²) in [7, 11) is 5.14. The molecule has 3 aromatic carbocycles. The molecule has 3 aromatic rings. The van der Waals surface area contributed by atoms with Crippen LogP contribution in [0.4, 0.5) is 11.4 Å². The minimum Gasteiger partial charge on any atom is -0.496 e. The SMILES string of the molecule is COc1ccccc1N=C(c1ccccc1OC)N(C)C(=S)Nc1ccccc1. The van der Waals surface area contributed by atoms with E-state index in [4.69, 9.17) is 26.7 Å². The zero-order valence-electron chi connectivity index (χ0n) is 16.6. The predicted molar refractivity (Wildman–Crippen MR) is 123 cm³/mol. The van der Waals surface area contributed by atoms with Crippen LogP contribution in [0.2, 0.25) is 0 Å². The second-order valence-corrected chi connectivity index (χ2v) is 6.55. The summed E-state index contributed by atoms with van der Waals surface area (Å²) < 4.78 is 11.0. The van der Waals surface area contributed by atoms with Crippen LogP contribution in [-0.4, -0.2) is 37.1 Å². The van der Waals surface area contributed by atoms with Gasteiger partial charge in [-0.15, -0.1) is 0 Å². The topological polar surface area (TPSA) is 46.1 Å². The van der Waals surface area contributed by atoms with E-state index in [1.807, 2.05) is 90.8 Å². The molecule has 0 spiro atoms. The van der Waals surface area contributed by atoms with Gasteiger partial charge in [0, 0.05) is 12.7 Å². The fourth-order valence-electron chi connectivity index (χ4n) is 2.81. The third-order valence-corrected chi connectivity index (χ3v) is 4.68. The van der Waals surface area contributed by atoms with E-state index in [1.54, 1.807) is 14.2 Å². The Labute approximate surface area is 176 Å². The molecule has 0 aliphatic rings. The van der Waals surface area contributed by atoms with Gasteiger partial charge in [-0.05, 0) is 48.6 Å². The van der Waals surface area contributed by atoms with Gasteiger partial charge < -0.3 is 19.7 Å². The van der Waals surface area contributed by atoms with Gasteiger partial charge >= 0.3 is 0 Å². The van der Waals surface area contributed by atoms with Crippen molar-refractivity contribution in [2.45, 2.75) is 0 Å². The summed E-state index contributed by atoms with van der Waals surface area (Å²) >= 11 is 5.65. The maximum Gasteiger partial charge on any atom is 0.178 e. The number of aliphatic imine (C=N–C) groups is 1. The number of nitrogens with one attached hydrogen (secondary N) is 1. The Hall–Kier alpha value is -3.38. The number of amidine groups is 1. The standard InChI is InChI=1S/C23H23N3O2S/c1-26(23(29)24-17-11-5-4-6-12-17)22(18-13-7-9-15-20(18)27-2)25-19-14-8-10-16-21(19)28-3/h4-16H,1-3H3,(H,24,29). The summed E-state index contributed by atoms with van der Waals surface area (Å²) in [5, 5.41) is 3.76. The summed E-state index contributed by atoms with van der Waals surface area (Å²) in [4.78, 5) is 6.71. The van der Waals surface area contributed by atoms with E-state index in [2.05, 4.69) is 5.32 Å². The Bertz CT molecular complexity index is 1010. The Balaban J connectivity index is 2.05. The molecule has 1 N–H and O–H groups in total. The third kappa shape index (κ3) is 4.92. The number of rotatable bonds is 5. The second kappa shape index (κ2) is 9.71. The molecule has 0 radical (unpaired) electrons. The highest BCUT2D eigenvalue weighted by atomic mass is 32.1. The van der Waals surface area contributed by atoms with Crippen LogP contribution in [0.3, 0.4) is 0 Å². The lowest BCUT2D eigenvalue weighted by atomic mass is 10.1. The van der Waals surface area contributed by atoms with Crippen LogP contribution in [0.15, 0.2) is 83.9 Å². The zero-order chi connectivity index (χ0) is 20.6. The molecular formula is C23H23N3O2S. The lowest BCUT2D eigenvalue weighted by molar-refractivity contribution is 0.413. The van der Waals surface area contributed by atoms with Gasteiger partial charge in [-0.3, -0.25) is 0 Å². The first-order valence-corrected chi connectivity index (χ1v) is 9.49. The number of nitrogens with zero attached hydrogens (tertiary/aromatic N) is 2. The molecule has 0 fully saturated rings. The molecule has 5 nitrogen and oxygen atoms in total. The van der Waals surface area contributed by atoms with E-state index in [1.165, 1.54) is 0 Å². The van der Waals surface area contributed by atoms with Crippen molar-refractivity contribution in [2.24, 2.45) is 4.99 Å². The molecule has 0 bridgehead atoms. The van der Waals surface area contributed by atoms with Crippen molar-refractivity contribution in [2.75, 3.05) is 26.6 Å². The molecule has 0 saturated carbocycles. The molecule has 29 heavy (non-hydrogen) atoms. The quantitative estimate of drug-likeness (QED) is 0.363. The molecule has 0 unspecified atom stereocenters. The summed E-state index contributed by atoms with van der Waals surface area (Å²) in [6, 6.07) is 25.1. The summed E-state index contributed by atoms with van der Waals surface area (Å²) in [5.41, 5.74) is 2.42. The second-order valence-electron chi connectivity index (χ2n) is 6.16. The van der Waals surface area contributed by atoms with Gasteiger partial charge in [0.15, 0.2) is 5.11 Å². The summed E-state index contributed by atoms with van der Waals surface area (Å²) in [6.07, 6.45) is 0.